The van der Waals surface area contributed by atoms with Crippen LogP contribution in [-0.4, -0.2) is 23.4 Å². The molecule has 1 aromatic heterocycles. The van der Waals surface area contributed by atoms with Gasteiger partial charge in [-0.3, -0.25) is 0 Å². The van der Waals surface area contributed by atoms with Crippen molar-refractivity contribution >= 4 is 6.09 Å². The Hall–Kier alpha value is -3.35. The van der Waals surface area contributed by atoms with Crippen molar-refractivity contribution in [1.29, 1.82) is 0 Å². The Balaban J connectivity index is 1.56. The van der Waals surface area contributed by atoms with Crippen LogP contribution < -0.4 is 14.8 Å². The Kier molecular flexibility index (Phi) is 4.71. The van der Waals surface area contributed by atoms with Gasteiger partial charge in [0.1, 0.15) is 11.5 Å². The third-order valence-electron chi connectivity index (χ3n) is 3.14. The number of para-hydroxylation sites is 1. The number of carbonyl (C=O) groups excluding carboxylic acids is 1. The number of nitrogens with one attached hydrogen (secondary N) is 1. The molecule has 2 aromatic carbocycles. The van der Waals surface area contributed by atoms with E-state index in [0.717, 1.165) is 11.3 Å². The second kappa shape index (κ2) is 7.28. The fourth-order valence-corrected chi connectivity index (χ4v) is 1.95. The number of carbonyl (C=O) groups is 1. The lowest BCUT2D eigenvalue weighted by Crippen LogP contribution is -2.26. The first-order valence-electron chi connectivity index (χ1n) is 7.22. The molecule has 3 rings (SSSR count). The highest BCUT2D eigenvalue weighted by Crippen LogP contribution is 2.21. The monoisotopic (exact) mass is 325 g/mol. The number of amides is 1. The van der Waals surface area contributed by atoms with Crippen molar-refractivity contribution in [2.75, 3.05) is 7.11 Å². The topological polar surface area (TPSA) is 86.5 Å². The first kappa shape index (κ1) is 15.5. The molecule has 0 bridgehead atoms. The van der Waals surface area contributed by atoms with E-state index in [-0.39, 0.29) is 12.4 Å². The van der Waals surface area contributed by atoms with Gasteiger partial charge in [0.25, 0.3) is 0 Å². The summed E-state index contributed by atoms with van der Waals surface area (Å²) in [5.41, 5.74) is 0.765. The molecule has 3 aromatic rings. The van der Waals surface area contributed by atoms with Crippen molar-refractivity contribution in [2.45, 2.75) is 6.54 Å². The highest BCUT2D eigenvalue weighted by molar-refractivity contribution is 5.70. The fraction of sp³-hybridized carbons (Fsp3) is 0.118. The minimum absolute atomic E-state index is 0.0782. The molecule has 0 aliphatic rings. The van der Waals surface area contributed by atoms with Crippen LogP contribution in [0.2, 0.25) is 0 Å². The third-order valence-corrected chi connectivity index (χ3v) is 3.14. The molecule has 0 radical (unpaired) electrons. The van der Waals surface area contributed by atoms with Crippen LogP contribution in [0.25, 0.3) is 11.5 Å². The Bertz CT molecular complexity index is 800. The molecule has 0 saturated heterocycles. The Morgan fingerprint density at radius 1 is 1.04 bits per heavy atom. The normalized spacial score (nSPS) is 10.2. The summed E-state index contributed by atoms with van der Waals surface area (Å²) in [6, 6.07) is 16.0. The maximum absolute atomic E-state index is 11.7. The smallest absolute Gasteiger partial charge is 0.413 e. The van der Waals surface area contributed by atoms with Crippen molar-refractivity contribution < 1.29 is 18.7 Å². The predicted octanol–water partition coefficient (Wildman–Crippen LogP) is 3.03. The van der Waals surface area contributed by atoms with Gasteiger partial charge in [-0.2, -0.15) is 0 Å². The van der Waals surface area contributed by atoms with Gasteiger partial charge in [-0.25, -0.2) is 4.79 Å². The van der Waals surface area contributed by atoms with Crippen LogP contribution in [0.4, 0.5) is 4.79 Å². The molecule has 7 heteroatoms. The summed E-state index contributed by atoms with van der Waals surface area (Å²) >= 11 is 0. The second-order valence-corrected chi connectivity index (χ2v) is 4.79. The molecule has 0 atom stereocenters. The van der Waals surface area contributed by atoms with E-state index in [1.165, 1.54) is 0 Å². The molecule has 0 aliphatic heterocycles. The zero-order valence-corrected chi connectivity index (χ0v) is 12.9. The average molecular weight is 325 g/mol. The summed E-state index contributed by atoms with van der Waals surface area (Å²) in [7, 11) is 1.60. The standard InChI is InChI=1S/C17H15N3O4/c1-22-13-9-7-12(8-10-13)16-20-19-15(24-16)11-18-17(21)23-14-5-3-2-4-6-14/h2-10H,11H2,1H3,(H,18,21). The van der Waals surface area contributed by atoms with Crippen molar-refractivity contribution in [3.63, 3.8) is 0 Å². The molecule has 0 saturated carbocycles. The second-order valence-electron chi connectivity index (χ2n) is 4.79. The van der Waals surface area contributed by atoms with Gasteiger partial charge >= 0.3 is 6.09 Å². The lowest BCUT2D eigenvalue weighted by atomic mass is 10.2. The minimum atomic E-state index is -0.592. The van der Waals surface area contributed by atoms with Gasteiger partial charge in [0.15, 0.2) is 0 Å². The minimum Gasteiger partial charge on any atom is -0.497 e. The summed E-state index contributed by atoms with van der Waals surface area (Å²) in [4.78, 5) is 11.7. The summed E-state index contributed by atoms with van der Waals surface area (Å²) < 4.78 is 15.7. The lowest BCUT2D eigenvalue weighted by Gasteiger charge is -2.04. The summed E-state index contributed by atoms with van der Waals surface area (Å²) in [6.07, 6.45) is -0.592. The quantitative estimate of drug-likeness (QED) is 0.776. The van der Waals surface area contributed by atoms with Crippen LogP contribution in [0.5, 0.6) is 11.5 Å². The van der Waals surface area contributed by atoms with E-state index in [4.69, 9.17) is 13.9 Å². The number of methoxy groups -OCH3 is 1. The predicted molar refractivity (Wildman–Crippen MR) is 85.6 cm³/mol. The van der Waals surface area contributed by atoms with E-state index in [1.54, 1.807) is 43.5 Å². The van der Waals surface area contributed by atoms with Crippen molar-refractivity contribution in [3.05, 3.63) is 60.5 Å². The van der Waals surface area contributed by atoms with Crippen molar-refractivity contribution in [1.82, 2.24) is 15.5 Å². The zero-order valence-electron chi connectivity index (χ0n) is 12.9. The number of aromatic nitrogens is 2. The van der Waals surface area contributed by atoms with E-state index in [0.29, 0.717) is 11.6 Å². The molecule has 0 fully saturated rings. The number of nitrogens with zero attached hydrogens (tertiary/aromatic N) is 2. The maximum Gasteiger partial charge on any atom is 0.413 e. The molecule has 1 heterocycles. The van der Waals surface area contributed by atoms with E-state index in [9.17, 15) is 4.79 Å². The first-order chi connectivity index (χ1) is 11.7. The van der Waals surface area contributed by atoms with Gasteiger partial charge in [0.2, 0.25) is 11.8 Å². The van der Waals surface area contributed by atoms with E-state index in [1.807, 2.05) is 18.2 Å². The van der Waals surface area contributed by atoms with Gasteiger partial charge in [-0.15, -0.1) is 10.2 Å². The SMILES string of the molecule is COc1ccc(-c2nnc(CNC(=O)Oc3ccccc3)o2)cc1. The molecule has 1 amide bonds. The Labute approximate surface area is 138 Å². The third kappa shape index (κ3) is 3.89. The summed E-state index contributed by atoms with van der Waals surface area (Å²) in [5, 5.41) is 10.4. The molecular weight excluding hydrogens is 310 g/mol. The van der Waals surface area contributed by atoms with Crippen molar-refractivity contribution in [3.8, 4) is 23.0 Å². The Morgan fingerprint density at radius 3 is 2.50 bits per heavy atom. The molecule has 0 aliphatic carbocycles. The molecule has 122 valence electrons. The summed E-state index contributed by atoms with van der Waals surface area (Å²) in [6.45, 7) is 0.0782. The van der Waals surface area contributed by atoms with E-state index in [2.05, 4.69) is 15.5 Å². The van der Waals surface area contributed by atoms with Crippen LogP contribution in [0.1, 0.15) is 5.89 Å². The Morgan fingerprint density at radius 2 is 1.79 bits per heavy atom. The maximum atomic E-state index is 11.7. The number of hydrogen-bond donors (Lipinski definition) is 1. The lowest BCUT2D eigenvalue weighted by molar-refractivity contribution is 0.198. The largest absolute Gasteiger partial charge is 0.497 e. The first-order valence-corrected chi connectivity index (χ1v) is 7.22. The molecule has 1 N–H and O–H groups in total. The molecule has 7 nitrogen and oxygen atoms in total. The van der Waals surface area contributed by atoms with Crippen LogP contribution in [0.15, 0.2) is 59.0 Å². The highest BCUT2D eigenvalue weighted by Gasteiger charge is 2.10. The van der Waals surface area contributed by atoms with Gasteiger partial charge in [-0.1, -0.05) is 18.2 Å². The molecule has 0 unspecified atom stereocenters. The zero-order chi connectivity index (χ0) is 16.8. The highest BCUT2D eigenvalue weighted by atomic mass is 16.6. The van der Waals surface area contributed by atoms with Gasteiger partial charge in [-0.05, 0) is 36.4 Å². The van der Waals surface area contributed by atoms with E-state index < -0.39 is 6.09 Å². The van der Waals surface area contributed by atoms with E-state index >= 15 is 0 Å². The number of rotatable bonds is 5. The summed E-state index contributed by atoms with van der Waals surface area (Å²) in [5.74, 6) is 1.85. The van der Waals surface area contributed by atoms with Crippen LogP contribution in [-0.2, 0) is 6.54 Å². The molecular formula is C17H15N3O4. The molecule has 24 heavy (non-hydrogen) atoms. The van der Waals surface area contributed by atoms with Gasteiger partial charge in [0.05, 0.1) is 13.7 Å². The molecule has 0 spiro atoms. The number of ether oxygens (including phenoxy) is 2. The van der Waals surface area contributed by atoms with Gasteiger partial charge in [0, 0.05) is 5.56 Å². The van der Waals surface area contributed by atoms with Gasteiger partial charge < -0.3 is 19.2 Å². The average Bonchev–Trinajstić information content (AvgIpc) is 3.10. The van der Waals surface area contributed by atoms with Crippen LogP contribution in [0.3, 0.4) is 0 Å². The number of hydrogen-bond acceptors (Lipinski definition) is 6. The van der Waals surface area contributed by atoms with Crippen LogP contribution in [0, 0.1) is 0 Å². The van der Waals surface area contributed by atoms with Crippen molar-refractivity contribution in [2.24, 2.45) is 0 Å². The van der Waals surface area contributed by atoms with Crippen LogP contribution >= 0.6 is 0 Å². The fourth-order valence-electron chi connectivity index (χ4n) is 1.95. The number of benzene rings is 2.